The Bertz CT molecular complexity index is 717. The summed E-state index contributed by atoms with van der Waals surface area (Å²) in [6.45, 7) is 6.67. The lowest BCUT2D eigenvalue weighted by Crippen LogP contribution is -2.45. The second-order valence-electron chi connectivity index (χ2n) is 5.66. The lowest BCUT2D eigenvalue weighted by atomic mass is 10.2. The topological polar surface area (TPSA) is 67.8 Å². The number of ether oxygens (including phenoxy) is 2. The molecule has 0 radical (unpaired) electrons. The molecule has 1 aromatic heterocycles. The zero-order chi connectivity index (χ0) is 17.5. The van der Waals surface area contributed by atoms with Crippen molar-refractivity contribution in [1.82, 2.24) is 15.6 Å². The molecule has 0 amide bonds. The lowest BCUT2D eigenvalue weighted by Gasteiger charge is -2.27. The van der Waals surface area contributed by atoms with Crippen LogP contribution < -0.4 is 20.1 Å². The third-order valence-corrected chi connectivity index (χ3v) is 4.75. The molecule has 0 saturated carbocycles. The molecule has 1 unspecified atom stereocenters. The van der Waals surface area contributed by atoms with E-state index in [4.69, 9.17) is 9.47 Å². The number of hydrogen-bond donors (Lipinski definition) is 2. The van der Waals surface area contributed by atoms with Crippen molar-refractivity contribution in [1.29, 1.82) is 0 Å². The number of fused-ring (bicyclic) bond motifs is 1. The highest BCUT2D eigenvalue weighted by Gasteiger charge is 2.20. The smallest absolute Gasteiger partial charge is 0.191 e. The van der Waals surface area contributed by atoms with Crippen LogP contribution in [-0.2, 0) is 13.0 Å². The van der Waals surface area contributed by atoms with E-state index in [1.807, 2.05) is 31.2 Å². The molecule has 2 N–H and O–H groups in total. The second kappa shape index (κ2) is 8.71. The number of nitrogens with one attached hydrogen (secondary N) is 2. The average molecular weight is 360 g/mol. The van der Waals surface area contributed by atoms with E-state index >= 15 is 0 Å². The highest BCUT2D eigenvalue weighted by Crippen LogP contribution is 2.30. The van der Waals surface area contributed by atoms with Gasteiger partial charge in [-0.25, -0.2) is 9.98 Å². The van der Waals surface area contributed by atoms with Crippen LogP contribution in [0.3, 0.4) is 0 Å². The largest absolute Gasteiger partial charge is 0.486 e. The summed E-state index contributed by atoms with van der Waals surface area (Å²) in [5.41, 5.74) is 1.00. The fourth-order valence-electron chi connectivity index (χ4n) is 2.46. The summed E-state index contributed by atoms with van der Waals surface area (Å²) in [7, 11) is 0. The summed E-state index contributed by atoms with van der Waals surface area (Å²) in [6, 6.07) is 7.73. The maximum atomic E-state index is 5.96. The van der Waals surface area contributed by atoms with Gasteiger partial charge >= 0.3 is 0 Å². The average Bonchev–Trinajstić information content (AvgIpc) is 3.12. The number of rotatable bonds is 6. The van der Waals surface area contributed by atoms with Gasteiger partial charge < -0.3 is 20.1 Å². The first-order chi connectivity index (χ1) is 12.3. The van der Waals surface area contributed by atoms with E-state index in [2.05, 4.69) is 32.9 Å². The zero-order valence-electron chi connectivity index (χ0n) is 14.6. The molecular formula is C18H24N4O2S. The van der Waals surface area contributed by atoms with E-state index in [9.17, 15) is 0 Å². The summed E-state index contributed by atoms with van der Waals surface area (Å²) < 4.78 is 11.7. The Labute approximate surface area is 152 Å². The van der Waals surface area contributed by atoms with Gasteiger partial charge in [-0.15, -0.1) is 11.3 Å². The minimum absolute atomic E-state index is 0.0512. The van der Waals surface area contributed by atoms with E-state index in [-0.39, 0.29) is 6.10 Å². The van der Waals surface area contributed by atoms with Crippen LogP contribution in [0.25, 0.3) is 0 Å². The summed E-state index contributed by atoms with van der Waals surface area (Å²) in [5.74, 6) is 2.35. The normalized spacial score (nSPS) is 16.6. The number of aliphatic imine (C=N–C) groups is 1. The van der Waals surface area contributed by atoms with Crippen molar-refractivity contribution < 1.29 is 9.47 Å². The maximum absolute atomic E-state index is 5.96. The molecule has 0 aliphatic carbocycles. The van der Waals surface area contributed by atoms with Crippen LogP contribution in [0.4, 0.5) is 0 Å². The fourth-order valence-corrected chi connectivity index (χ4v) is 3.20. The number of benzene rings is 1. The number of aromatic nitrogens is 1. The van der Waals surface area contributed by atoms with Crippen molar-refractivity contribution in [2.45, 2.75) is 32.9 Å². The first kappa shape index (κ1) is 17.5. The molecule has 2 heterocycles. The molecule has 25 heavy (non-hydrogen) atoms. The fraction of sp³-hybridized carbons (Fsp3) is 0.444. The van der Waals surface area contributed by atoms with E-state index < -0.39 is 0 Å². The van der Waals surface area contributed by atoms with E-state index in [1.165, 1.54) is 0 Å². The molecule has 1 atom stereocenters. The van der Waals surface area contributed by atoms with Gasteiger partial charge in [-0.1, -0.05) is 19.1 Å². The molecule has 0 fully saturated rings. The van der Waals surface area contributed by atoms with Crippen molar-refractivity contribution in [3.63, 3.8) is 0 Å². The first-order valence-electron chi connectivity index (χ1n) is 8.62. The molecule has 0 bridgehead atoms. The Morgan fingerprint density at radius 2 is 2.12 bits per heavy atom. The highest BCUT2D eigenvalue weighted by atomic mass is 32.1. The third-order valence-electron chi connectivity index (χ3n) is 3.71. The summed E-state index contributed by atoms with van der Waals surface area (Å²) in [4.78, 5) is 9.15. The Balaban J connectivity index is 1.54. The molecule has 0 saturated heterocycles. The molecule has 1 aliphatic heterocycles. The van der Waals surface area contributed by atoms with Gasteiger partial charge in [0.25, 0.3) is 0 Å². The van der Waals surface area contributed by atoms with Crippen LogP contribution in [-0.4, -0.2) is 36.7 Å². The van der Waals surface area contributed by atoms with Crippen LogP contribution in [0.2, 0.25) is 0 Å². The van der Waals surface area contributed by atoms with Gasteiger partial charge in [0.2, 0.25) is 0 Å². The zero-order valence-corrected chi connectivity index (χ0v) is 15.4. The van der Waals surface area contributed by atoms with Gasteiger partial charge in [-0.05, 0) is 25.5 Å². The molecule has 6 nitrogen and oxygen atoms in total. The van der Waals surface area contributed by atoms with Crippen LogP contribution in [0.15, 0.2) is 34.6 Å². The molecule has 7 heteroatoms. The Kier molecular flexibility index (Phi) is 6.11. The van der Waals surface area contributed by atoms with Gasteiger partial charge in [0.15, 0.2) is 17.5 Å². The number of hydrogen-bond acceptors (Lipinski definition) is 5. The van der Waals surface area contributed by atoms with Gasteiger partial charge in [-0.3, -0.25) is 0 Å². The maximum Gasteiger partial charge on any atom is 0.191 e. The highest BCUT2D eigenvalue weighted by molar-refractivity contribution is 7.09. The van der Waals surface area contributed by atoms with Gasteiger partial charge in [0.1, 0.15) is 12.7 Å². The molecule has 3 rings (SSSR count). The van der Waals surface area contributed by atoms with Crippen LogP contribution in [0.1, 0.15) is 24.5 Å². The second-order valence-corrected chi connectivity index (χ2v) is 6.60. The Morgan fingerprint density at radius 1 is 1.28 bits per heavy atom. The molecule has 134 valence electrons. The first-order valence-corrected chi connectivity index (χ1v) is 9.50. The summed E-state index contributed by atoms with van der Waals surface area (Å²) >= 11 is 1.69. The standard InChI is InChI=1S/C18H24N4O2S/c1-3-17-22-13(12-25-17)9-20-18(19-4-2)21-10-14-11-23-15-7-5-6-8-16(15)24-14/h5-8,12,14H,3-4,9-11H2,1-2H3,(H2,19,20,21). The third kappa shape index (κ3) is 4.85. The van der Waals surface area contributed by atoms with Crippen LogP contribution in [0.5, 0.6) is 11.5 Å². The van der Waals surface area contributed by atoms with E-state index in [0.717, 1.165) is 41.1 Å². The monoisotopic (exact) mass is 360 g/mol. The van der Waals surface area contributed by atoms with Crippen molar-refractivity contribution >= 4 is 17.3 Å². The van der Waals surface area contributed by atoms with Crippen molar-refractivity contribution in [2.75, 3.05) is 19.7 Å². The van der Waals surface area contributed by atoms with Gasteiger partial charge in [-0.2, -0.15) is 0 Å². The van der Waals surface area contributed by atoms with E-state index in [0.29, 0.717) is 19.7 Å². The summed E-state index contributed by atoms with van der Waals surface area (Å²) in [6.07, 6.45) is 0.914. The van der Waals surface area contributed by atoms with E-state index in [1.54, 1.807) is 11.3 Å². The van der Waals surface area contributed by atoms with Crippen LogP contribution in [0, 0.1) is 0 Å². The minimum Gasteiger partial charge on any atom is -0.486 e. The quantitative estimate of drug-likeness (QED) is 0.612. The summed E-state index contributed by atoms with van der Waals surface area (Å²) in [5, 5.41) is 9.79. The predicted octanol–water partition coefficient (Wildman–Crippen LogP) is 2.60. The lowest BCUT2D eigenvalue weighted by molar-refractivity contribution is 0.0936. The number of aryl methyl sites for hydroxylation is 1. The predicted molar refractivity (Wildman–Crippen MR) is 101 cm³/mol. The number of thiazole rings is 1. The van der Waals surface area contributed by atoms with Crippen molar-refractivity contribution in [3.05, 3.63) is 40.3 Å². The SMILES string of the molecule is CCNC(=NCc1csc(CC)n1)NCC1COc2ccccc2O1. The number of para-hydroxylation sites is 2. The molecule has 2 aromatic rings. The Hall–Kier alpha value is -2.28. The Morgan fingerprint density at radius 3 is 2.88 bits per heavy atom. The minimum atomic E-state index is -0.0512. The number of nitrogens with zero attached hydrogens (tertiary/aromatic N) is 2. The van der Waals surface area contributed by atoms with Crippen molar-refractivity contribution in [3.8, 4) is 11.5 Å². The molecule has 1 aromatic carbocycles. The number of guanidine groups is 1. The van der Waals surface area contributed by atoms with Gasteiger partial charge in [0.05, 0.1) is 23.8 Å². The van der Waals surface area contributed by atoms with Gasteiger partial charge in [0, 0.05) is 11.9 Å². The van der Waals surface area contributed by atoms with Crippen LogP contribution >= 0.6 is 11.3 Å². The van der Waals surface area contributed by atoms with Crippen molar-refractivity contribution in [2.24, 2.45) is 4.99 Å². The molecule has 0 spiro atoms. The molecular weight excluding hydrogens is 336 g/mol. The molecule has 1 aliphatic rings.